The van der Waals surface area contributed by atoms with E-state index in [2.05, 4.69) is 19.2 Å². The minimum absolute atomic E-state index is 0.153. The highest BCUT2D eigenvalue weighted by Crippen LogP contribution is 2.38. The van der Waals surface area contributed by atoms with Crippen molar-refractivity contribution in [2.75, 3.05) is 13.2 Å². The number of hydrogen-bond acceptors (Lipinski definition) is 3. The molecule has 0 aromatic carbocycles. The zero-order chi connectivity index (χ0) is 12.3. The Morgan fingerprint density at radius 1 is 1.29 bits per heavy atom. The second-order valence-electron chi connectivity index (χ2n) is 6.14. The maximum atomic E-state index is 9.91. The standard InChI is InChI=1S/C14H27NO2/c1-3-14(2)7-4-11(5-8-14)15-12-10-17-9-6-13(12)16/h11-13,15-16H,3-10H2,1-2H3/t11?,12-,13-,14?/m1/s1. The first-order valence-corrected chi connectivity index (χ1v) is 7.15. The van der Waals surface area contributed by atoms with E-state index in [1.165, 1.54) is 32.1 Å². The SMILES string of the molecule is CCC1(C)CCC(N[C@@H]2COCC[C@H]2O)CC1. The fraction of sp³-hybridized carbons (Fsp3) is 1.00. The molecule has 0 spiro atoms. The summed E-state index contributed by atoms with van der Waals surface area (Å²) in [6.07, 6.45) is 6.95. The van der Waals surface area contributed by atoms with E-state index in [-0.39, 0.29) is 12.1 Å². The molecule has 100 valence electrons. The molecule has 2 rings (SSSR count). The summed E-state index contributed by atoms with van der Waals surface area (Å²) in [5, 5.41) is 13.5. The molecule has 2 aliphatic rings. The molecular weight excluding hydrogens is 214 g/mol. The highest BCUT2D eigenvalue weighted by Gasteiger charge is 2.32. The van der Waals surface area contributed by atoms with Gasteiger partial charge in [0.2, 0.25) is 0 Å². The van der Waals surface area contributed by atoms with Crippen LogP contribution in [0.15, 0.2) is 0 Å². The van der Waals surface area contributed by atoms with E-state index >= 15 is 0 Å². The molecule has 1 saturated heterocycles. The third-order valence-electron chi connectivity index (χ3n) is 4.82. The fourth-order valence-electron chi connectivity index (χ4n) is 3.02. The second kappa shape index (κ2) is 5.68. The minimum Gasteiger partial charge on any atom is -0.391 e. The van der Waals surface area contributed by atoms with E-state index in [1.807, 2.05) is 0 Å². The van der Waals surface area contributed by atoms with Crippen LogP contribution >= 0.6 is 0 Å². The summed E-state index contributed by atoms with van der Waals surface area (Å²) in [5.41, 5.74) is 0.555. The van der Waals surface area contributed by atoms with Gasteiger partial charge in [-0.2, -0.15) is 0 Å². The van der Waals surface area contributed by atoms with Crippen LogP contribution in [0.2, 0.25) is 0 Å². The smallest absolute Gasteiger partial charge is 0.0737 e. The van der Waals surface area contributed by atoms with Crippen molar-refractivity contribution in [2.45, 2.75) is 70.6 Å². The molecule has 1 heterocycles. The Labute approximate surface area is 105 Å². The molecule has 17 heavy (non-hydrogen) atoms. The third kappa shape index (κ3) is 3.43. The monoisotopic (exact) mass is 241 g/mol. The maximum Gasteiger partial charge on any atom is 0.0737 e. The predicted octanol–water partition coefficient (Wildman–Crippen LogP) is 2.08. The molecule has 0 aromatic heterocycles. The lowest BCUT2D eigenvalue weighted by Crippen LogP contribution is -2.52. The molecule has 1 aliphatic carbocycles. The van der Waals surface area contributed by atoms with Crippen LogP contribution in [0.4, 0.5) is 0 Å². The predicted molar refractivity (Wildman–Crippen MR) is 69.0 cm³/mol. The first kappa shape index (κ1) is 13.3. The molecule has 0 radical (unpaired) electrons. The van der Waals surface area contributed by atoms with Crippen LogP contribution in [0.1, 0.15) is 52.4 Å². The zero-order valence-corrected chi connectivity index (χ0v) is 11.2. The largest absolute Gasteiger partial charge is 0.391 e. The van der Waals surface area contributed by atoms with Gasteiger partial charge < -0.3 is 15.2 Å². The van der Waals surface area contributed by atoms with Crippen LogP contribution < -0.4 is 5.32 Å². The van der Waals surface area contributed by atoms with E-state index in [0.29, 0.717) is 24.7 Å². The van der Waals surface area contributed by atoms with Gasteiger partial charge in [-0.05, 0) is 37.5 Å². The van der Waals surface area contributed by atoms with Crippen molar-refractivity contribution in [2.24, 2.45) is 5.41 Å². The molecule has 0 bridgehead atoms. The highest BCUT2D eigenvalue weighted by molar-refractivity contribution is 4.88. The Hall–Kier alpha value is -0.120. The van der Waals surface area contributed by atoms with Crippen molar-refractivity contribution in [1.82, 2.24) is 5.32 Å². The van der Waals surface area contributed by atoms with Crippen molar-refractivity contribution in [1.29, 1.82) is 0 Å². The van der Waals surface area contributed by atoms with Crippen molar-refractivity contribution >= 4 is 0 Å². The average molecular weight is 241 g/mol. The summed E-state index contributed by atoms with van der Waals surface area (Å²) in [4.78, 5) is 0. The Morgan fingerprint density at radius 3 is 2.59 bits per heavy atom. The van der Waals surface area contributed by atoms with Crippen LogP contribution in [0.3, 0.4) is 0 Å². The molecule has 3 nitrogen and oxygen atoms in total. The number of rotatable bonds is 3. The summed E-state index contributed by atoms with van der Waals surface area (Å²) in [5.74, 6) is 0. The van der Waals surface area contributed by atoms with Crippen molar-refractivity contribution in [3.05, 3.63) is 0 Å². The molecule has 3 heteroatoms. The molecule has 1 saturated carbocycles. The van der Waals surface area contributed by atoms with Crippen LogP contribution in [-0.2, 0) is 4.74 Å². The summed E-state index contributed by atoms with van der Waals surface area (Å²) in [7, 11) is 0. The molecule has 2 fully saturated rings. The summed E-state index contributed by atoms with van der Waals surface area (Å²) in [6, 6.07) is 0.732. The van der Waals surface area contributed by atoms with Gasteiger partial charge in [0.15, 0.2) is 0 Å². The van der Waals surface area contributed by atoms with Gasteiger partial charge in [-0.1, -0.05) is 20.3 Å². The van der Waals surface area contributed by atoms with E-state index < -0.39 is 0 Å². The first-order valence-electron chi connectivity index (χ1n) is 7.15. The van der Waals surface area contributed by atoms with Crippen molar-refractivity contribution in [3.8, 4) is 0 Å². The van der Waals surface area contributed by atoms with Gasteiger partial charge in [0, 0.05) is 12.6 Å². The van der Waals surface area contributed by atoms with Crippen molar-refractivity contribution < 1.29 is 9.84 Å². The normalized spacial score (nSPS) is 43.6. The van der Waals surface area contributed by atoms with E-state index in [0.717, 1.165) is 6.42 Å². The molecule has 2 atom stereocenters. The van der Waals surface area contributed by atoms with Crippen molar-refractivity contribution in [3.63, 3.8) is 0 Å². The van der Waals surface area contributed by atoms with E-state index in [9.17, 15) is 5.11 Å². The molecular formula is C14H27NO2. The Kier molecular flexibility index (Phi) is 4.45. The van der Waals surface area contributed by atoms with Gasteiger partial charge in [0.05, 0.1) is 18.8 Å². The average Bonchev–Trinajstić information content (AvgIpc) is 2.35. The Morgan fingerprint density at radius 2 is 2.00 bits per heavy atom. The molecule has 0 unspecified atom stereocenters. The van der Waals surface area contributed by atoms with Gasteiger partial charge in [0.1, 0.15) is 0 Å². The van der Waals surface area contributed by atoms with E-state index in [1.54, 1.807) is 0 Å². The van der Waals surface area contributed by atoms with E-state index in [4.69, 9.17) is 4.74 Å². The Balaban J connectivity index is 1.77. The number of nitrogens with one attached hydrogen (secondary N) is 1. The summed E-state index contributed by atoms with van der Waals surface area (Å²) < 4.78 is 5.43. The second-order valence-corrected chi connectivity index (χ2v) is 6.14. The van der Waals surface area contributed by atoms with Crippen LogP contribution in [0.25, 0.3) is 0 Å². The minimum atomic E-state index is -0.219. The summed E-state index contributed by atoms with van der Waals surface area (Å²) >= 11 is 0. The van der Waals surface area contributed by atoms with Crippen LogP contribution in [0, 0.1) is 5.41 Å². The Bertz CT molecular complexity index is 236. The van der Waals surface area contributed by atoms with Gasteiger partial charge >= 0.3 is 0 Å². The molecule has 2 N–H and O–H groups in total. The lowest BCUT2D eigenvalue weighted by molar-refractivity contribution is -0.0220. The van der Waals surface area contributed by atoms with Crippen LogP contribution in [0.5, 0.6) is 0 Å². The number of hydrogen-bond donors (Lipinski definition) is 2. The quantitative estimate of drug-likeness (QED) is 0.795. The van der Waals surface area contributed by atoms with Gasteiger partial charge in [0.25, 0.3) is 0 Å². The number of aliphatic hydroxyl groups excluding tert-OH is 1. The van der Waals surface area contributed by atoms with Gasteiger partial charge in [-0.3, -0.25) is 0 Å². The maximum absolute atomic E-state index is 9.91. The van der Waals surface area contributed by atoms with Gasteiger partial charge in [-0.15, -0.1) is 0 Å². The highest BCUT2D eigenvalue weighted by atomic mass is 16.5. The number of aliphatic hydroxyl groups is 1. The topological polar surface area (TPSA) is 41.5 Å². The lowest BCUT2D eigenvalue weighted by Gasteiger charge is -2.39. The fourth-order valence-corrected chi connectivity index (χ4v) is 3.02. The summed E-state index contributed by atoms with van der Waals surface area (Å²) in [6.45, 7) is 6.08. The van der Waals surface area contributed by atoms with Gasteiger partial charge in [-0.25, -0.2) is 0 Å². The molecule has 1 aliphatic heterocycles. The molecule has 0 amide bonds. The lowest BCUT2D eigenvalue weighted by atomic mass is 9.72. The number of ether oxygens (including phenoxy) is 1. The third-order valence-corrected chi connectivity index (χ3v) is 4.82. The molecule has 0 aromatic rings. The van der Waals surface area contributed by atoms with Crippen LogP contribution in [-0.4, -0.2) is 36.5 Å². The first-order chi connectivity index (χ1) is 8.13. The zero-order valence-electron chi connectivity index (χ0n) is 11.2.